The Hall–Kier alpha value is -3.90. The first-order valence-corrected chi connectivity index (χ1v) is 13.8. The molecule has 38 heavy (non-hydrogen) atoms. The normalized spacial score (nSPS) is 25.4. The maximum absolute atomic E-state index is 14.1. The third-order valence-electron chi connectivity index (χ3n) is 8.81. The number of nitrogens with zero attached hydrogens (tertiary/aromatic N) is 2. The number of quaternary nitrogens is 1. The average Bonchev–Trinajstić information content (AvgIpc) is 3.34. The molecule has 0 radical (unpaired) electrons. The molecule has 6 heteroatoms. The molecule has 3 aliphatic rings. The van der Waals surface area contributed by atoms with Crippen LogP contribution in [0.3, 0.4) is 0 Å². The summed E-state index contributed by atoms with van der Waals surface area (Å²) in [7, 11) is 0. The van der Waals surface area contributed by atoms with Crippen molar-refractivity contribution in [1.29, 1.82) is 0 Å². The monoisotopic (exact) mass is 505 g/mol. The summed E-state index contributed by atoms with van der Waals surface area (Å²) >= 11 is 0. The number of para-hydroxylation sites is 1. The van der Waals surface area contributed by atoms with Crippen LogP contribution in [0.15, 0.2) is 84.9 Å². The molecule has 0 spiro atoms. The molecule has 0 saturated carbocycles. The van der Waals surface area contributed by atoms with Crippen molar-refractivity contribution in [2.75, 3.05) is 19.6 Å². The second-order valence-corrected chi connectivity index (χ2v) is 11.0. The van der Waals surface area contributed by atoms with Gasteiger partial charge in [-0.1, -0.05) is 78.9 Å². The number of fused-ring (bicyclic) bond motifs is 4. The van der Waals surface area contributed by atoms with Crippen LogP contribution in [0.5, 0.6) is 0 Å². The van der Waals surface area contributed by atoms with Gasteiger partial charge in [-0.25, -0.2) is 0 Å². The van der Waals surface area contributed by atoms with Crippen molar-refractivity contribution >= 4 is 22.7 Å². The lowest BCUT2D eigenvalue weighted by atomic mass is 9.85. The number of amides is 2. The van der Waals surface area contributed by atoms with Gasteiger partial charge in [-0.2, -0.15) is 0 Å². The lowest BCUT2D eigenvalue weighted by molar-refractivity contribution is -0.919. The molecule has 2 amide bonds. The number of piperidine rings is 1. The highest BCUT2D eigenvalue weighted by atomic mass is 16.2. The van der Waals surface area contributed by atoms with Gasteiger partial charge in [-0.05, 0) is 17.2 Å². The molecule has 0 bridgehead atoms. The van der Waals surface area contributed by atoms with Gasteiger partial charge in [0.05, 0.1) is 19.1 Å². The summed E-state index contributed by atoms with van der Waals surface area (Å²) in [4.78, 5) is 37.0. The van der Waals surface area contributed by atoms with Crippen LogP contribution >= 0.6 is 0 Å². The van der Waals surface area contributed by atoms with Crippen molar-refractivity contribution in [3.63, 3.8) is 0 Å². The Labute approximate surface area is 222 Å². The summed E-state index contributed by atoms with van der Waals surface area (Å²) in [6, 6.07) is 28.4. The first-order valence-electron chi connectivity index (χ1n) is 13.8. The number of nitrogens with one attached hydrogen (secondary N) is 2. The van der Waals surface area contributed by atoms with E-state index in [1.54, 1.807) is 4.90 Å². The fourth-order valence-electron chi connectivity index (χ4n) is 6.96. The third kappa shape index (κ3) is 3.91. The molecular weight excluding hydrogens is 472 g/mol. The van der Waals surface area contributed by atoms with Crippen LogP contribution in [0.4, 0.5) is 0 Å². The standard InChI is InChI=1S/C32H32N4O2/c37-29-21-35(24-15-17-34(18-16-24)20-22-9-3-1-4-10-22)32(38)28-19-26-25-13-7-8-14-27(25)33-30(26)31(36(28)29)23-11-5-2-6-12-23/h1-14,24,28,31,33H,15-21H2/p+1/t28-,31-/m0/s1. The van der Waals surface area contributed by atoms with Crippen molar-refractivity contribution in [1.82, 2.24) is 14.8 Å². The van der Waals surface area contributed by atoms with Crippen LogP contribution in [-0.4, -0.2) is 58.3 Å². The second kappa shape index (κ2) is 9.44. The number of aromatic amines is 1. The molecule has 192 valence electrons. The molecule has 1 aromatic heterocycles. The van der Waals surface area contributed by atoms with Gasteiger partial charge in [0.15, 0.2) is 0 Å². The summed E-state index contributed by atoms with van der Waals surface area (Å²) in [5, 5.41) is 1.15. The molecule has 2 atom stereocenters. The van der Waals surface area contributed by atoms with Gasteiger partial charge < -0.3 is 19.7 Å². The molecule has 3 aromatic carbocycles. The van der Waals surface area contributed by atoms with Crippen LogP contribution in [0.2, 0.25) is 0 Å². The van der Waals surface area contributed by atoms with E-state index in [0.29, 0.717) is 6.42 Å². The highest BCUT2D eigenvalue weighted by Gasteiger charge is 2.49. The van der Waals surface area contributed by atoms with E-state index in [1.165, 1.54) is 11.1 Å². The number of hydrogen-bond acceptors (Lipinski definition) is 2. The van der Waals surface area contributed by atoms with Crippen LogP contribution < -0.4 is 4.90 Å². The van der Waals surface area contributed by atoms with Crippen LogP contribution in [0.1, 0.15) is 41.3 Å². The first kappa shape index (κ1) is 23.2. The Balaban J connectivity index is 1.17. The van der Waals surface area contributed by atoms with E-state index in [4.69, 9.17) is 0 Å². The molecular formula is C32H33N4O2+. The highest BCUT2D eigenvalue weighted by molar-refractivity contribution is 5.97. The smallest absolute Gasteiger partial charge is 0.246 e. The van der Waals surface area contributed by atoms with E-state index < -0.39 is 6.04 Å². The summed E-state index contributed by atoms with van der Waals surface area (Å²) in [5.41, 5.74) is 5.66. The topological polar surface area (TPSA) is 60.9 Å². The van der Waals surface area contributed by atoms with Gasteiger partial charge in [0.25, 0.3) is 0 Å². The van der Waals surface area contributed by atoms with Crippen LogP contribution in [0.25, 0.3) is 10.9 Å². The number of aromatic nitrogens is 1. The SMILES string of the molecule is O=C1[C@@H]2Cc3c([nH]c4ccccc34)[C@H](c3ccccc3)N2C(=O)CN1C1CC[NH+](Cc2ccccc2)CC1. The Bertz CT molecular complexity index is 1470. The molecule has 2 saturated heterocycles. The molecule has 2 N–H and O–H groups in total. The van der Waals surface area contributed by atoms with E-state index in [1.807, 2.05) is 40.1 Å². The number of hydrogen-bond donors (Lipinski definition) is 2. The lowest BCUT2D eigenvalue weighted by Crippen LogP contribution is -3.12. The number of carbonyl (C=O) groups excluding carboxylic acids is 2. The first-order chi connectivity index (χ1) is 18.7. The van der Waals surface area contributed by atoms with Gasteiger partial charge in [0, 0.05) is 47.5 Å². The van der Waals surface area contributed by atoms with Crippen molar-refractivity contribution in [3.05, 3.63) is 107 Å². The summed E-state index contributed by atoms with van der Waals surface area (Å²) < 4.78 is 0. The zero-order chi connectivity index (χ0) is 25.6. The predicted octanol–water partition coefficient (Wildman–Crippen LogP) is 3.10. The van der Waals surface area contributed by atoms with Gasteiger partial charge in [-0.3, -0.25) is 9.59 Å². The Morgan fingerprint density at radius 1 is 0.842 bits per heavy atom. The third-order valence-corrected chi connectivity index (χ3v) is 8.81. The number of rotatable bonds is 4. The average molecular weight is 506 g/mol. The fraction of sp³-hybridized carbons (Fsp3) is 0.312. The van der Waals surface area contributed by atoms with E-state index in [9.17, 15) is 9.59 Å². The van der Waals surface area contributed by atoms with E-state index in [2.05, 4.69) is 59.6 Å². The Morgan fingerprint density at radius 2 is 1.53 bits per heavy atom. The molecule has 3 aliphatic heterocycles. The van der Waals surface area contributed by atoms with Crippen molar-refractivity contribution < 1.29 is 14.5 Å². The summed E-state index contributed by atoms with van der Waals surface area (Å²) in [5.74, 6) is 0.157. The number of likely N-dealkylation sites (tertiary alicyclic amines) is 1. The fourth-order valence-corrected chi connectivity index (χ4v) is 6.96. The molecule has 6 nitrogen and oxygen atoms in total. The minimum atomic E-state index is -0.470. The van der Waals surface area contributed by atoms with Crippen LogP contribution in [-0.2, 0) is 22.6 Å². The molecule has 2 fully saturated rings. The maximum Gasteiger partial charge on any atom is 0.246 e. The van der Waals surface area contributed by atoms with Crippen molar-refractivity contribution in [2.24, 2.45) is 0 Å². The molecule has 0 unspecified atom stereocenters. The zero-order valence-corrected chi connectivity index (χ0v) is 21.5. The van der Waals surface area contributed by atoms with Gasteiger partial charge in [-0.15, -0.1) is 0 Å². The van der Waals surface area contributed by atoms with Crippen molar-refractivity contribution in [2.45, 2.75) is 43.9 Å². The number of benzene rings is 3. The van der Waals surface area contributed by atoms with E-state index in [0.717, 1.165) is 54.6 Å². The van der Waals surface area contributed by atoms with E-state index >= 15 is 0 Å². The minimum Gasteiger partial charge on any atom is -0.356 e. The Kier molecular flexibility index (Phi) is 5.77. The number of carbonyl (C=O) groups is 2. The second-order valence-electron chi connectivity index (χ2n) is 11.0. The van der Waals surface area contributed by atoms with Crippen molar-refractivity contribution in [3.8, 4) is 0 Å². The maximum atomic E-state index is 14.1. The molecule has 4 aromatic rings. The van der Waals surface area contributed by atoms with Crippen LogP contribution in [0, 0.1) is 0 Å². The Morgan fingerprint density at radius 3 is 2.29 bits per heavy atom. The molecule has 0 aliphatic carbocycles. The number of piperazine rings is 1. The summed E-state index contributed by atoms with van der Waals surface area (Å²) in [6.07, 6.45) is 2.44. The largest absolute Gasteiger partial charge is 0.356 e. The van der Waals surface area contributed by atoms with E-state index in [-0.39, 0.29) is 30.4 Å². The minimum absolute atomic E-state index is 0.0480. The highest BCUT2D eigenvalue weighted by Crippen LogP contribution is 2.42. The molecule has 4 heterocycles. The quantitative estimate of drug-likeness (QED) is 0.448. The summed E-state index contributed by atoms with van der Waals surface area (Å²) in [6.45, 7) is 3.22. The molecule has 7 rings (SSSR count). The van der Waals surface area contributed by atoms with Gasteiger partial charge in [0.1, 0.15) is 19.1 Å². The number of H-pyrrole nitrogens is 1. The lowest BCUT2D eigenvalue weighted by Gasteiger charge is -2.49. The van der Waals surface area contributed by atoms with Gasteiger partial charge in [0.2, 0.25) is 11.8 Å². The van der Waals surface area contributed by atoms with Gasteiger partial charge >= 0.3 is 0 Å². The predicted molar refractivity (Wildman–Crippen MR) is 146 cm³/mol. The zero-order valence-electron chi connectivity index (χ0n) is 21.5.